The van der Waals surface area contributed by atoms with Gasteiger partial charge in [-0.3, -0.25) is 9.59 Å². The molecule has 3 N–H and O–H groups in total. The highest BCUT2D eigenvalue weighted by Gasteiger charge is 2.35. The van der Waals surface area contributed by atoms with Crippen LogP contribution in [-0.2, 0) is 15.0 Å². The second-order valence-corrected chi connectivity index (χ2v) is 6.74. The summed E-state index contributed by atoms with van der Waals surface area (Å²) in [5, 5.41) is 16.0. The van der Waals surface area contributed by atoms with E-state index in [9.17, 15) is 14.7 Å². The van der Waals surface area contributed by atoms with Gasteiger partial charge in [-0.2, -0.15) is 0 Å². The van der Waals surface area contributed by atoms with Gasteiger partial charge in [0.25, 0.3) is 0 Å². The largest absolute Gasteiger partial charge is 0.495 e. The summed E-state index contributed by atoms with van der Waals surface area (Å²) in [6.07, 6.45) is 0.181. The summed E-state index contributed by atoms with van der Waals surface area (Å²) >= 11 is 5.97. The molecule has 0 spiro atoms. The van der Waals surface area contributed by atoms with Gasteiger partial charge in [0.15, 0.2) is 0 Å². The van der Waals surface area contributed by atoms with Gasteiger partial charge in [0.1, 0.15) is 11.2 Å². The lowest BCUT2D eigenvalue weighted by Crippen LogP contribution is -2.44. The number of hydrogen-bond acceptors (Lipinski definition) is 4. The molecule has 0 bridgehead atoms. The minimum Gasteiger partial charge on any atom is -0.495 e. The van der Waals surface area contributed by atoms with E-state index in [-0.39, 0.29) is 18.9 Å². The van der Waals surface area contributed by atoms with E-state index in [4.69, 9.17) is 16.3 Å². The van der Waals surface area contributed by atoms with Crippen molar-refractivity contribution < 1.29 is 19.4 Å². The summed E-state index contributed by atoms with van der Waals surface area (Å²) in [6.45, 7) is 1.96. The van der Waals surface area contributed by atoms with Crippen LogP contribution in [0.15, 0.2) is 48.5 Å². The molecule has 0 radical (unpaired) electrons. The highest BCUT2D eigenvalue weighted by atomic mass is 35.5. The average molecular weight is 391 g/mol. The minimum absolute atomic E-state index is 0.00562. The third-order valence-corrected chi connectivity index (χ3v) is 4.59. The van der Waals surface area contributed by atoms with E-state index in [0.717, 1.165) is 0 Å². The number of carbonyl (C=O) groups is 2. The molecule has 2 aromatic rings. The Morgan fingerprint density at radius 2 is 1.89 bits per heavy atom. The first kappa shape index (κ1) is 20.6. The van der Waals surface area contributed by atoms with Crippen molar-refractivity contribution in [3.05, 3.63) is 59.1 Å². The van der Waals surface area contributed by atoms with Crippen LogP contribution in [0, 0.1) is 0 Å². The Hall–Kier alpha value is -2.73. The highest BCUT2D eigenvalue weighted by Crippen LogP contribution is 2.27. The second-order valence-electron chi connectivity index (χ2n) is 6.30. The van der Waals surface area contributed by atoms with Gasteiger partial charge in [0.2, 0.25) is 5.91 Å². The number of amides is 1. The van der Waals surface area contributed by atoms with Crippen molar-refractivity contribution in [1.82, 2.24) is 5.32 Å². The van der Waals surface area contributed by atoms with E-state index in [1.54, 1.807) is 56.5 Å². The number of carboxylic acid groups (broad SMARTS) is 1. The normalized spacial score (nSPS) is 12.7. The van der Waals surface area contributed by atoms with Gasteiger partial charge < -0.3 is 20.5 Å². The summed E-state index contributed by atoms with van der Waals surface area (Å²) < 4.78 is 5.24. The number of carbonyl (C=O) groups excluding carboxylic acids is 1. The molecule has 0 heterocycles. The molecule has 0 saturated heterocycles. The van der Waals surface area contributed by atoms with Crippen LogP contribution in [0.5, 0.6) is 5.75 Å². The Kier molecular flexibility index (Phi) is 7.07. The molecule has 1 unspecified atom stereocenters. The Labute approximate surface area is 163 Å². The van der Waals surface area contributed by atoms with E-state index >= 15 is 0 Å². The summed E-state index contributed by atoms with van der Waals surface area (Å²) in [5.74, 6) is -0.606. The third kappa shape index (κ3) is 5.37. The van der Waals surface area contributed by atoms with E-state index < -0.39 is 11.4 Å². The number of benzene rings is 2. The molecular formula is C20H23ClN2O4. The monoisotopic (exact) mass is 390 g/mol. The number of rotatable bonds is 9. The van der Waals surface area contributed by atoms with Crippen LogP contribution < -0.4 is 15.4 Å². The molecule has 1 atom stereocenters. The van der Waals surface area contributed by atoms with E-state index in [0.29, 0.717) is 28.6 Å². The zero-order valence-corrected chi connectivity index (χ0v) is 16.0. The molecule has 27 heavy (non-hydrogen) atoms. The Balaban J connectivity index is 1.90. The predicted molar refractivity (Wildman–Crippen MR) is 106 cm³/mol. The molecule has 0 aliphatic rings. The molecule has 0 aliphatic carbocycles. The quantitative estimate of drug-likeness (QED) is 0.611. The van der Waals surface area contributed by atoms with Gasteiger partial charge >= 0.3 is 5.97 Å². The zero-order chi connectivity index (χ0) is 19.9. The molecule has 1 amide bonds. The number of nitrogens with one attached hydrogen (secondary N) is 2. The molecule has 7 heteroatoms. The number of carboxylic acids is 1. The van der Waals surface area contributed by atoms with Crippen molar-refractivity contribution >= 4 is 29.2 Å². The number of ether oxygens (including phenoxy) is 1. The number of aliphatic carboxylic acids is 1. The van der Waals surface area contributed by atoms with Gasteiger partial charge in [-0.25, -0.2) is 0 Å². The molecule has 0 saturated carbocycles. The van der Waals surface area contributed by atoms with Crippen LogP contribution in [0.2, 0.25) is 5.02 Å². The fourth-order valence-corrected chi connectivity index (χ4v) is 2.77. The maximum absolute atomic E-state index is 12.2. The van der Waals surface area contributed by atoms with Gasteiger partial charge in [0, 0.05) is 24.5 Å². The van der Waals surface area contributed by atoms with Crippen LogP contribution >= 0.6 is 11.6 Å². The first-order chi connectivity index (χ1) is 12.9. The molecular weight excluding hydrogens is 368 g/mol. The SMILES string of the molecule is COc1ccc(Cl)cc1NCCC(=O)NCC(C)(C(=O)O)c1ccccc1. The molecule has 2 rings (SSSR count). The molecule has 6 nitrogen and oxygen atoms in total. The van der Waals surface area contributed by atoms with E-state index in [1.165, 1.54) is 0 Å². The van der Waals surface area contributed by atoms with E-state index in [1.807, 2.05) is 6.07 Å². The molecule has 0 aliphatic heterocycles. The van der Waals surface area contributed by atoms with Crippen molar-refractivity contribution in [3.8, 4) is 5.75 Å². The van der Waals surface area contributed by atoms with Crippen molar-refractivity contribution in [2.45, 2.75) is 18.8 Å². The lowest BCUT2D eigenvalue weighted by Gasteiger charge is -2.25. The van der Waals surface area contributed by atoms with Crippen LogP contribution in [-0.4, -0.2) is 37.2 Å². The van der Waals surface area contributed by atoms with Gasteiger partial charge in [-0.05, 0) is 30.7 Å². The lowest BCUT2D eigenvalue weighted by molar-refractivity contribution is -0.143. The van der Waals surface area contributed by atoms with Crippen LogP contribution in [0.3, 0.4) is 0 Å². The fraction of sp³-hybridized carbons (Fsp3) is 0.300. The number of anilines is 1. The summed E-state index contributed by atoms with van der Waals surface area (Å²) in [7, 11) is 1.55. The van der Waals surface area contributed by atoms with Gasteiger partial charge in [-0.1, -0.05) is 41.9 Å². The summed E-state index contributed by atoms with van der Waals surface area (Å²) in [4.78, 5) is 23.9. The van der Waals surface area contributed by atoms with Crippen LogP contribution in [0.25, 0.3) is 0 Å². The first-order valence-electron chi connectivity index (χ1n) is 8.50. The van der Waals surface area contributed by atoms with E-state index in [2.05, 4.69) is 10.6 Å². The third-order valence-electron chi connectivity index (χ3n) is 4.35. The Morgan fingerprint density at radius 1 is 1.19 bits per heavy atom. The highest BCUT2D eigenvalue weighted by molar-refractivity contribution is 6.30. The number of hydrogen-bond donors (Lipinski definition) is 3. The minimum atomic E-state index is -1.19. The number of methoxy groups -OCH3 is 1. The second kappa shape index (κ2) is 9.28. The number of halogens is 1. The summed E-state index contributed by atoms with van der Waals surface area (Å²) in [6, 6.07) is 14.0. The Bertz CT molecular complexity index is 798. The maximum atomic E-state index is 12.2. The topological polar surface area (TPSA) is 87.7 Å². The molecule has 0 fully saturated rings. The van der Waals surface area contributed by atoms with Crippen molar-refractivity contribution in [3.63, 3.8) is 0 Å². The van der Waals surface area contributed by atoms with Gasteiger partial charge in [-0.15, -0.1) is 0 Å². The first-order valence-corrected chi connectivity index (χ1v) is 8.87. The molecule has 2 aromatic carbocycles. The predicted octanol–water partition coefficient (Wildman–Crippen LogP) is 3.31. The van der Waals surface area contributed by atoms with Crippen molar-refractivity contribution in [2.75, 3.05) is 25.5 Å². The zero-order valence-electron chi connectivity index (χ0n) is 15.3. The lowest BCUT2D eigenvalue weighted by atomic mass is 9.82. The van der Waals surface area contributed by atoms with Gasteiger partial charge in [0.05, 0.1) is 12.8 Å². The standard InChI is InChI=1S/C20H23ClN2O4/c1-20(19(25)26,14-6-4-3-5-7-14)13-23-18(24)10-11-22-16-12-15(21)8-9-17(16)27-2/h3-9,12,22H,10-11,13H2,1-2H3,(H,23,24)(H,25,26). The van der Waals surface area contributed by atoms with Crippen LogP contribution in [0.1, 0.15) is 18.9 Å². The summed E-state index contributed by atoms with van der Waals surface area (Å²) in [5.41, 5.74) is 0.137. The molecule has 144 valence electrons. The smallest absolute Gasteiger partial charge is 0.315 e. The van der Waals surface area contributed by atoms with Crippen molar-refractivity contribution in [1.29, 1.82) is 0 Å². The van der Waals surface area contributed by atoms with Crippen LogP contribution in [0.4, 0.5) is 5.69 Å². The maximum Gasteiger partial charge on any atom is 0.315 e. The fourth-order valence-electron chi connectivity index (χ4n) is 2.60. The average Bonchev–Trinajstić information content (AvgIpc) is 2.67. The Morgan fingerprint density at radius 3 is 2.52 bits per heavy atom. The van der Waals surface area contributed by atoms with Crippen molar-refractivity contribution in [2.24, 2.45) is 0 Å². The molecule has 0 aromatic heterocycles.